The van der Waals surface area contributed by atoms with Gasteiger partial charge in [0.2, 0.25) is 0 Å². The van der Waals surface area contributed by atoms with E-state index in [2.05, 4.69) is 30.0 Å². The molecule has 1 N–H and O–H groups in total. The molecule has 1 heterocycles. The maximum absolute atomic E-state index is 13.8. The Morgan fingerprint density at radius 3 is 3.00 bits per heavy atom. The van der Waals surface area contributed by atoms with Gasteiger partial charge in [0.25, 0.3) is 0 Å². The van der Waals surface area contributed by atoms with Gasteiger partial charge in [-0.1, -0.05) is 22.9 Å². The van der Waals surface area contributed by atoms with Crippen LogP contribution in [-0.2, 0) is 0 Å². The minimum absolute atomic E-state index is 0.243. The molecule has 90 valence electrons. The van der Waals surface area contributed by atoms with E-state index in [9.17, 15) is 4.39 Å². The molecule has 0 saturated heterocycles. The maximum atomic E-state index is 13.8. The Balaban J connectivity index is 2.42. The van der Waals surface area contributed by atoms with Crippen molar-refractivity contribution in [2.45, 2.75) is 13.0 Å². The predicted molar refractivity (Wildman–Crippen MR) is 69.5 cm³/mol. The molecule has 0 radical (unpaired) electrons. The molecule has 1 aromatic heterocycles. The minimum Gasteiger partial charge on any atom is -0.305 e. The Morgan fingerprint density at radius 2 is 2.35 bits per heavy atom. The van der Waals surface area contributed by atoms with Gasteiger partial charge in [-0.15, -0.1) is 0 Å². The van der Waals surface area contributed by atoms with Gasteiger partial charge in [0, 0.05) is 10.0 Å². The average molecular weight is 316 g/mol. The first kappa shape index (κ1) is 12.6. The average Bonchev–Trinajstić information content (AvgIpc) is 2.83. The van der Waals surface area contributed by atoms with E-state index >= 15 is 0 Å². The van der Waals surface area contributed by atoms with E-state index in [1.807, 2.05) is 6.92 Å². The van der Waals surface area contributed by atoms with Crippen LogP contribution in [0.25, 0.3) is 0 Å². The highest BCUT2D eigenvalue weighted by Crippen LogP contribution is 2.26. The molecule has 0 aliphatic rings. The molecule has 0 amide bonds. The number of nitrogens with zero attached hydrogens (tertiary/aromatic N) is 2. The summed E-state index contributed by atoms with van der Waals surface area (Å²) in [4.78, 5) is 0. The van der Waals surface area contributed by atoms with Crippen molar-refractivity contribution in [1.29, 1.82) is 0 Å². The van der Waals surface area contributed by atoms with Crippen LogP contribution < -0.4 is 5.32 Å². The fraction of sp³-hybridized carbons (Fsp3) is 0.273. The number of hydrogen-bond acceptors (Lipinski definition) is 4. The largest absolute Gasteiger partial charge is 0.305 e. The summed E-state index contributed by atoms with van der Waals surface area (Å²) < 4.78 is 22.8. The zero-order chi connectivity index (χ0) is 12.3. The second-order valence-corrected chi connectivity index (χ2v) is 4.96. The van der Waals surface area contributed by atoms with Gasteiger partial charge >= 0.3 is 0 Å². The van der Waals surface area contributed by atoms with Gasteiger partial charge in [0.1, 0.15) is 5.82 Å². The molecule has 1 unspecified atom stereocenters. The third-order valence-corrected chi connectivity index (χ3v) is 3.34. The summed E-state index contributed by atoms with van der Waals surface area (Å²) in [6.07, 6.45) is 1.67. The van der Waals surface area contributed by atoms with Gasteiger partial charge < -0.3 is 5.32 Å². The zero-order valence-electron chi connectivity index (χ0n) is 9.15. The maximum Gasteiger partial charge on any atom is 0.128 e. The van der Waals surface area contributed by atoms with E-state index in [4.69, 9.17) is 0 Å². The molecule has 3 nitrogen and oxygen atoms in total. The number of nitrogens with one attached hydrogen (secondary N) is 1. The highest BCUT2D eigenvalue weighted by atomic mass is 79.9. The van der Waals surface area contributed by atoms with Crippen molar-refractivity contribution >= 4 is 27.7 Å². The highest BCUT2D eigenvalue weighted by Gasteiger charge is 2.19. The Kier molecular flexibility index (Phi) is 4.20. The Morgan fingerprint density at radius 1 is 1.53 bits per heavy atom. The molecule has 0 aliphatic heterocycles. The van der Waals surface area contributed by atoms with Crippen molar-refractivity contribution in [3.8, 4) is 0 Å². The monoisotopic (exact) mass is 315 g/mol. The van der Waals surface area contributed by atoms with Gasteiger partial charge in [0.15, 0.2) is 0 Å². The fourth-order valence-electron chi connectivity index (χ4n) is 1.61. The van der Waals surface area contributed by atoms with E-state index in [-0.39, 0.29) is 11.9 Å². The van der Waals surface area contributed by atoms with Crippen LogP contribution in [-0.4, -0.2) is 15.3 Å². The number of halogens is 2. The van der Waals surface area contributed by atoms with Crippen molar-refractivity contribution in [1.82, 2.24) is 14.1 Å². The summed E-state index contributed by atoms with van der Waals surface area (Å²) in [5.74, 6) is -0.243. The summed E-state index contributed by atoms with van der Waals surface area (Å²) >= 11 is 4.48. The highest BCUT2D eigenvalue weighted by molar-refractivity contribution is 9.10. The first-order chi connectivity index (χ1) is 8.22. The summed E-state index contributed by atoms with van der Waals surface area (Å²) in [6.45, 7) is 2.71. The molecule has 1 atom stereocenters. The summed E-state index contributed by atoms with van der Waals surface area (Å²) in [5, 5.41) is 3.21. The van der Waals surface area contributed by atoms with Crippen molar-refractivity contribution < 1.29 is 4.39 Å². The Bertz CT molecular complexity index is 489. The van der Waals surface area contributed by atoms with Gasteiger partial charge in [-0.25, -0.2) is 4.39 Å². The van der Waals surface area contributed by atoms with Crippen molar-refractivity contribution in [2.75, 3.05) is 6.54 Å². The molecule has 17 heavy (non-hydrogen) atoms. The second-order valence-electron chi connectivity index (χ2n) is 3.49. The van der Waals surface area contributed by atoms with Crippen molar-refractivity contribution in [2.24, 2.45) is 0 Å². The first-order valence-electron chi connectivity index (χ1n) is 5.18. The van der Waals surface area contributed by atoms with E-state index in [0.717, 1.165) is 28.4 Å². The lowest BCUT2D eigenvalue weighted by Crippen LogP contribution is -2.23. The number of hydrogen-bond donors (Lipinski definition) is 1. The lowest BCUT2D eigenvalue weighted by molar-refractivity contribution is 0.553. The summed E-state index contributed by atoms with van der Waals surface area (Å²) in [7, 11) is 0. The van der Waals surface area contributed by atoms with Crippen molar-refractivity contribution in [3.63, 3.8) is 0 Å². The Hall–Kier alpha value is -0.850. The lowest BCUT2D eigenvalue weighted by atomic mass is 10.0. The molecule has 0 saturated carbocycles. The minimum atomic E-state index is -0.253. The van der Waals surface area contributed by atoms with E-state index in [1.165, 1.54) is 6.07 Å². The number of aromatic nitrogens is 2. The topological polar surface area (TPSA) is 37.8 Å². The van der Waals surface area contributed by atoms with Gasteiger partial charge in [-0.2, -0.15) is 8.75 Å². The molecule has 0 spiro atoms. The molecule has 2 rings (SSSR count). The van der Waals surface area contributed by atoms with Crippen LogP contribution in [0.4, 0.5) is 4.39 Å². The SMILES string of the molecule is CCNC(c1cnsn1)c1cc(Br)ccc1F. The molecule has 0 fully saturated rings. The lowest BCUT2D eigenvalue weighted by Gasteiger charge is -2.16. The fourth-order valence-corrected chi connectivity index (χ4v) is 2.44. The first-order valence-corrected chi connectivity index (χ1v) is 6.70. The van der Waals surface area contributed by atoms with Crippen LogP contribution in [0.3, 0.4) is 0 Å². The Labute approximate surface area is 112 Å². The van der Waals surface area contributed by atoms with Gasteiger partial charge in [-0.3, -0.25) is 0 Å². The number of benzene rings is 1. The van der Waals surface area contributed by atoms with Crippen LogP contribution in [0.5, 0.6) is 0 Å². The normalized spacial score (nSPS) is 12.6. The van der Waals surface area contributed by atoms with E-state index < -0.39 is 0 Å². The second kappa shape index (κ2) is 5.66. The van der Waals surface area contributed by atoms with Crippen LogP contribution >= 0.6 is 27.7 Å². The molecular formula is C11H11BrFN3S. The molecule has 0 aliphatic carbocycles. The van der Waals surface area contributed by atoms with E-state index in [0.29, 0.717) is 5.56 Å². The molecule has 1 aromatic carbocycles. The smallest absolute Gasteiger partial charge is 0.128 e. The zero-order valence-corrected chi connectivity index (χ0v) is 11.6. The van der Waals surface area contributed by atoms with Gasteiger partial charge in [-0.05, 0) is 24.7 Å². The number of rotatable bonds is 4. The molecule has 6 heteroatoms. The third kappa shape index (κ3) is 2.88. The van der Waals surface area contributed by atoms with Crippen LogP contribution in [0.1, 0.15) is 24.2 Å². The van der Waals surface area contributed by atoms with Crippen LogP contribution in [0.15, 0.2) is 28.9 Å². The quantitative estimate of drug-likeness (QED) is 0.942. The molecular weight excluding hydrogens is 305 g/mol. The van der Waals surface area contributed by atoms with Crippen LogP contribution in [0, 0.1) is 5.82 Å². The standard InChI is InChI=1S/C11H11BrFN3S/c1-2-14-11(10-6-15-17-16-10)8-5-7(12)3-4-9(8)13/h3-6,11,14H,2H2,1H3. The molecule has 0 bridgehead atoms. The van der Waals surface area contributed by atoms with Gasteiger partial charge in [0.05, 0.1) is 29.7 Å². The predicted octanol–water partition coefficient (Wildman–Crippen LogP) is 3.14. The van der Waals surface area contributed by atoms with E-state index in [1.54, 1.807) is 18.3 Å². The van der Waals surface area contributed by atoms with Crippen LogP contribution in [0.2, 0.25) is 0 Å². The van der Waals surface area contributed by atoms with Crippen molar-refractivity contribution in [3.05, 3.63) is 45.9 Å². The third-order valence-electron chi connectivity index (χ3n) is 2.35. The summed E-state index contributed by atoms with van der Waals surface area (Å²) in [6, 6.07) is 4.64. The molecule has 2 aromatic rings. The summed E-state index contributed by atoms with van der Waals surface area (Å²) in [5.41, 5.74) is 1.32.